The molecule has 3 aromatic carbocycles. The molecule has 0 bridgehead atoms. The standard InChI is InChI=1S/C33H32F2N2O3S/c34-30-10-6-25(19-31(30)35)21-37-17-14-33(15-18-37)13-12-28-20-27(9-11-32(28)40-33)26-7-4-24(5-8-26)22-41(38,39)23-29-3-1-2-16-36-29/h1-11,16,19-20H,12-15,17-18,21-23H2. The molecule has 4 aromatic rings. The van der Waals surface area contributed by atoms with Gasteiger partial charge in [-0.1, -0.05) is 42.5 Å². The van der Waals surface area contributed by atoms with E-state index < -0.39 is 21.5 Å². The fraction of sp³-hybridized carbons (Fsp3) is 0.303. The second kappa shape index (κ2) is 11.3. The number of aromatic nitrogens is 1. The minimum atomic E-state index is -3.32. The van der Waals surface area contributed by atoms with Gasteiger partial charge in [0.05, 0.1) is 17.2 Å². The number of fused-ring (bicyclic) bond motifs is 1. The zero-order valence-corrected chi connectivity index (χ0v) is 23.5. The van der Waals surface area contributed by atoms with E-state index in [9.17, 15) is 17.2 Å². The van der Waals surface area contributed by atoms with Crippen LogP contribution < -0.4 is 4.74 Å². The van der Waals surface area contributed by atoms with E-state index in [0.29, 0.717) is 12.2 Å². The van der Waals surface area contributed by atoms with Gasteiger partial charge in [-0.25, -0.2) is 17.2 Å². The monoisotopic (exact) mass is 574 g/mol. The largest absolute Gasteiger partial charge is 0.487 e. The number of piperidine rings is 1. The van der Waals surface area contributed by atoms with Gasteiger partial charge >= 0.3 is 0 Å². The molecule has 0 aliphatic carbocycles. The maximum atomic E-state index is 13.6. The fourth-order valence-corrected chi connectivity index (χ4v) is 7.30. The van der Waals surface area contributed by atoms with E-state index in [2.05, 4.69) is 22.0 Å². The van der Waals surface area contributed by atoms with Crippen molar-refractivity contribution in [1.29, 1.82) is 0 Å². The Balaban J connectivity index is 1.07. The van der Waals surface area contributed by atoms with Crippen molar-refractivity contribution >= 4 is 9.84 Å². The predicted octanol–water partition coefficient (Wildman–Crippen LogP) is 6.50. The molecule has 5 nitrogen and oxygen atoms in total. The molecule has 6 rings (SSSR count). The molecule has 41 heavy (non-hydrogen) atoms. The molecule has 0 atom stereocenters. The zero-order valence-electron chi connectivity index (χ0n) is 22.7. The summed E-state index contributed by atoms with van der Waals surface area (Å²) in [6.07, 6.45) is 5.25. The molecule has 0 unspecified atom stereocenters. The number of ether oxygens (including phenoxy) is 1. The molecule has 8 heteroatoms. The van der Waals surface area contributed by atoms with Gasteiger partial charge in [0, 0.05) is 25.8 Å². The Kier molecular flexibility index (Phi) is 7.62. The van der Waals surface area contributed by atoms with Crippen molar-refractivity contribution in [2.24, 2.45) is 0 Å². The number of halogens is 2. The lowest BCUT2D eigenvalue weighted by Gasteiger charge is -2.44. The maximum Gasteiger partial charge on any atom is 0.160 e. The number of nitrogens with zero attached hydrogens (tertiary/aromatic N) is 2. The summed E-state index contributed by atoms with van der Waals surface area (Å²) in [6, 6.07) is 23.4. The van der Waals surface area contributed by atoms with Crippen molar-refractivity contribution < 1.29 is 21.9 Å². The van der Waals surface area contributed by atoms with E-state index in [0.717, 1.165) is 66.8 Å². The highest BCUT2D eigenvalue weighted by Crippen LogP contribution is 2.41. The molecular formula is C33H32F2N2O3S. The lowest BCUT2D eigenvalue weighted by atomic mass is 9.82. The van der Waals surface area contributed by atoms with Crippen molar-refractivity contribution in [3.8, 4) is 16.9 Å². The smallest absolute Gasteiger partial charge is 0.160 e. The van der Waals surface area contributed by atoms with Crippen LogP contribution in [0.25, 0.3) is 11.1 Å². The fourth-order valence-electron chi connectivity index (χ4n) is 5.87. The van der Waals surface area contributed by atoms with Gasteiger partial charge in [0.1, 0.15) is 11.4 Å². The molecular weight excluding hydrogens is 542 g/mol. The average molecular weight is 575 g/mol. The third-order valence-corrected chi connectivity index (χ3v) is 9.67. The van der Waals surface area contributed by atoms with E-state index in [1.807, 2.05) is 30.3 Å². The number of benzene rings is 3. The molecule has 3 heterocycles. The van der Waals surface area contributed by atoms with Gasteiger partial charge in [-0.05, 0) is 89.9 Å². The highest BCUT2D eigenvalue weighted by molar-refractivity contribution is 7.89. The second-order valence-electron chi connectivity index (χ2n) is 11.2. The number of aryl methyl sites for hydroxylation is 1. The van der Waals surface area contributed by atoms with E-state index in [-0.39, 0.29) is 17.1 Å². The molecule has 1 saturated heterocycles. The van der Waals surface area contributed by atoms with E-state index in [4.69, 9.17) is 4.74 Å². The van der Waals surface area contributed by atoms with Crippen LogP contribution in [0, 0.1) is 11.6 Å². The lowest BCUT2D eigenvalue weighted by molar-refractivity contribution is -0.0163. The van der Waals surface area contributed by atoms with Gasteiger partial charge in [0.25, 0.3) is 0 Å². The first-order valence-corrected chi connectivity index (χ1v) is 15.8. The molecule has 0 saturated carbocycles. The highest BCUT2D eigenvalue weighted by atomic mass is 32.2. The third-order valence-electron chi connectivity index (χ3n) is 8.16. The van der Waals surface area contributed by atoms with Crippen LogP contribution in [0.15, 0.2) is 85.1 Å². The summed E-state index contributed by atoms with van der Waals surface area (Å²) in [6.45, 7) is 2.29. The van der Waals surface area contributed by atoms with Crippen LogP contribution in [0.2, 0.25) is 0 Å². The van der Waals surface area contributed by atoms with Gasteiger partial charge in [0.15, 0.2) is 21.5 Å². The SMILES string of the molecule is O=S(=O)(Cc1ccc(-c2ccc3c(c2)CCC2(CCN(Cc4ccc(F)c(F)c4)CC2)O3)cc1)Cc1ccccn1. The topological polar surface area (TPSA) is 59.5 Å². The van der Waals surface area contributed by atoms with Gasteiger partial charge < -0.3 is 4.74 Å². The lowest BCUT2D eigenvalue weighted by Crippen LogP contribution is -2.49. The normalized spacial score (nSPS) is 16.7. The molecule has 1 aromatic heterocycles. The third kappa shape index (κ3) is 6.49. The Bertz CT molecular complexity index is 1640. The second-order valence-corrected chi connectivity index (χ2v) is 13.2. The number of sulfone groups is 1. The summed E-state index contributed by atoms with van der Waals surface area (Å²) in [5.41, 5.74) is 5.18. The van der Waals surface area contributed by atoms with E-state index in [1.54, 1.807) is 30.5 Å². The molecule has 2 aliphatic rings. The quantitative estimate of drug-likeness (QED) is 0.252. The zero-order chi connectivity index (χ0) is 28.5. The summed E-state index contributed by atoms with van der Waals surface area (Å²) in [5.74, 6) is -0.797. The van der Waals surface area contributed by atoms with Crippen molar-refractivity contribution in [1.82, 2.24) is 9.88 Å². The first-order valence-electron chi connectivity index (χ1n) is 13.9. The van der Waals surface area contributed by atoms with Crippen molar-refractivity contribution in [3.05, 3.63) is 119 Å². The van der Waals surface area contributed by atoms with Gasteiger partial charge in [-0.3, -0.25) is 9.88 Å². The summed E-state index contributed by atoms with van der Waals surface area (Å²) in [4.78, 5) is 6.40. The van der Waals surface area contributed by atoms with Crippen molar-refractivity contribution in [2.75, 3.05) is 13.1 Å². The number of rotatable bonds is 7. The van der Waals surface area contributed by atoms with Crippen LogP contribution in [0.4, 0.5) is 8.78 Å². The maximum absolute atomic E-state index is 13.6. The van der Waals surface area contributed by atoms with Crippen molar-refractivity contribution in [2.45, 2.75) is 49.3 Å². The molecule has 0 radical (unpaired) electrons. The minimum Gasteiger partial charge on any atom is -0.487 e. The number of likely N-dealkylation sites (tertiary alicyclic amines) is 1. The first-order chi connectivity index (χ1) is 19.8. The van der Waals surface area contributed by atoms with E-state index >= 15 is 0 Å². The van der Waals surface area contributed by atoms with Crippen LogP contribution >= 0.6 is 0 Å². The number of hydrogen-bond donors (Lipinski definition) is 0. The summed E-state index contributed by atoms with van der Waals surface area (Å²) < 4.78 is 58.8. The molecule has 0 N–H and O–H groups in total. The van der Waals surface area contributed by atoms with Crippen LogP contribution in [0.5, 0.6) is 5.75 Å². The molecule has 2 aliphatic heterocycles. The van der Waals surface area contributed by atoms with Gasteiger partial charge in [-0.2, -0.15) is 0 Å². The Morgan fingerprint density at radius 1 is 0.805 bits per heavy atom. The van der Waals surface area contributed by atoms with Crippen LogP contribution in [-0.2, 0) is 34.3 Å². The van der Waals surface area contributed by atoms with Crippen molar-refractivity contribution in [3.63, 3.8) is 0 Å². The Hall–Kier alpha value is -3.62. The van der Waals surface area contributed by atoms with Crippen LogP contribution in [-0.4, -0.2) is 37.0 Å². The molecule has 0 amide bonds. The minimum absolute atomic E-state index is 0.0256. The Labute approximate surface area is 239 Å². The molecule has 1 fully saturated rings. The van der Waals surface area contributed by atoms with E-state index in [1.165, 1.54) is 17.7 Å². The van der Waals surface area contributed by atoms with Gasteiger partial charge in [-0.15, -0.1) is 0 Å². The Morgan fingerprint density at radius 2 is 1.56 bits per heavy atom. The summed E-state index contributed by atoms with van der Waals surface area (Å²) in [5, 5.41) is 0. The summed E-state index contributed by atoms with van der Waals surface area (Å²) >= 11 is 0. The van der Waals surface area contributed by atoms with Gasteiger partial charge in [0.2, 0.25) is 0 Å². The predicted molar refractivity (Wildman–Crippen MR) is 155 cm³/mol. The summed E-state index contributed by atoms with van der Waals surface area (Å²) in [7, 11) is -3.32. The average Bonchev–Trinajstić information content (AvgIpc) is 2.97. The molecule has 1 spiro atoms. The molecule has 212 valence electrons. The highest BCUT2D eigenvalue weighted by Gasteiger charge is 2.39. The van der Waals surface area contributed by atoms with Crippen LogP contribution in [0.3, 0.4) is 0 Å². The Morgan fingerprint density at radius 3 is 2.29 bits per heavy atom. The number of pyridine rings is 1. The number of hydrogen-bond acceptors (Lipinski definition) is 5. The first kappa shape index (κ1) is 27.5. The van der Waals surface area contributed by atoms with Crippen LogP contribution in [0.1, 0.15) is 41.6 Å².